The van der Waals surface area contributed by atoms with Crippen LogP contribution in [0, 0.1) is 0 Å². The summed E-state index contributed by atoms with van der Waals surface area (Å²) in [6.45, 7) is 4.72. The highest BCUT2D eigenvalue weighted by molar-refractivity contribution is 6.34. The Morgan fingerprint density at radius 2 is 1.12 bits per heavy atom. The third-order valence-electron chi connectivity index (χ3n) is 7.76. The van der Waals surface area contributed by atoms with Crippen LogP contribution in [0.2, 0.25) is 0 Å². The molecule has 6 rings (SSSR count). The van der Waals surface area contributed by atoms with E-state index in [1.54, 1.807) is 12.1 Å². The van der Waals surface area contributed by atoms with Gasteiger partial charge < -0.3 is 9.47 Å². The van der Waals surface area contributed by atoms with Gasteiger partial charge in [-0.2, -0.15) is 0 Å². The molecule has 4 nitrogen and oxygen atoms in total. The third-order valence-corrected chi connectivity index (χ3v) is 7.76. The van der Waals surface area contributed by atoms with Crippen molar-refractivity contribution in [1.82, 2.24) is 0 Å². The van der Waals surface area contributed by atoms with Gasteiger partial charge in [-0.3, -0.25) is 0 Å². The Morgan fingerprint density at radius 3 is 1.77 bits per heavy atom. The Hall–Kier alpha value is -4.44. The first-order valence-electron chi connectivity index (χ1n) is 14.2. The largest absolute Gasteiger partial charge is 0.462 e. The van der Waals surface area contributed by atoms with Crippen LogP contribution in [0.4, 0.5) is 0 Å². The van der Waals surface area contributed by atoms with Gasteiger partial charge in [0.05, 0.1) is 24.3 Å². The predicted molar refractivity (Wildman–Crippen MR) is 163 cm³/mol. The van der Waals surface area contributed by atoms with Gasteiger partial charge in [0.15, 0.2) is 0 Å². The van der Waals surface area contributed by atoms with Crippen molar-refractivity contribution in [2.45, 2.75) is 39.5 Å². The van der Waals surface area contributed by atoms with Gasteiger partial charge in [0.1, 0.15) is 0 Å². The van der Waals surface area contributed by atoms with Crippen LogP contribution in [0.15, 0.2) is 84.9 Å². The first kappa shape index (κ1) is 25.8. The molecule has 0 aromatic heterocycles. The minimum Gasteiger partial charge on any atom is -0.462 e. The molecule has 6 aromatic rings. The van der Waals surface area contributed by atoms with Gasteiger partial charge in [0, 0.05) is 0 Å². The molecule has 0 aliphatic rings. The second-order valence-electron chi connectivity index (χ2n) is 10.3. The summed E-state index contributed by atoms with van der Waals surface area (Å²) in [6.07, 6.45) is 3.38. The van der Waals surface area contributed by atoms with Crippen molar-refractivity contribution in [3.05, 3.63) is 96.1 Å². The number of hydrogen-bond donors (Lipinski definition) is 0. The van der Waals surface area contributed by atoms with E-state index >= 15 is 0 Å². The SMILES string of the molecule is CCCCOC(=O)c1ccc(-c2ccc3c4cccc5cccc(c6cccc2c63)c54)cc1C(=O)OCCCC. The molecular weight excluding hydrogens is 496 g/mol. The second-order valence-corrected chi connectivity index (χ2v) is 10.3. The summed E-state index contributed by atoms with van der Waals surface area (Å²) in [4.78, 5) is 26.1. The zero-order valence-corrected chi connectivity index (χ0v) is 23.0. The molecular formula is C36H32O4. The molecule has 0 saturated heterocycles. The minimum absolute atomic E-state index is 0.240. The lowest BCUT2D eigenvalue weighted by atomic mass is 9.87. The third kappa shape index (κ3) is 4.44. The van der Waals surface area contributed by atoms with Crippen LogP contribution in [-0.2, 0) is 9.47 Å². The van der Waals surface area contributed by atoms with Gasteiger partial charge in [-0.15, -0.1) is 0 Å². The summed E-state index contributed by atoms with van der Waals surface area (Å²) in [6, 6.07) is 29.1. The van der Waals surface area contributed by atoms with Crippen LogP contribution in [-0.4, -0.2) is 25.2 Å². The highest BCUT2D eigenvalue weighted by atomic mass is 16.5. The Bertz CT molecular complexity index is 1820. The lowest BCUT2D eigenvalue weighted by molar-refractivity contribution is 0.0452. The van der Waals surface area contributed by atoms with Crippen molar-refractivity contribution in [2.75, 3.05) is 13.2 Å². The number of benzene rings is 6. The van der Waals surface area contributed by atoms with Crippen LogP contribution in [0.1, 0.15) is 60.2 Å². The fourth-order valence-electron chi connectivity index (χ4n) is 5.73. The molecule has 0 aliphatic carbocycles. The molecule has 0 amide bonds. The number of fused-ring (bicyclic) bond motifs is 2. The number of carbonyl (C=O) groups excluding carboxylic acids is 2. The van der Waals surface area contributed by atoms with E-state index in [1.807, 2.05) is 19.9 Å². The molecule has 6 aromatic carbocycles. The first-order valence-corrected chi connectivity index (χ1v) is 14.2. The number of esters is 2. The van der Waals surface area contributed by atoms with E-state index in [4.69, 9.17) is 9.47 Å². The predicted octanol–water partition coefficient (Wildman–Crippen LogP) is 9.32. The quantitative estimate of drug-likeness (QED) is 0.0812. The van der Waals surface area contributed by atoms with Crippen LogP contribution >= 0.6 is 0 Å². The molecule has 0 fully saturated rings. The summed E-state index contributed by atoms with van der Waals surface area (Å²) in [5.74, 6) is -0.995. The monoisotopic (exact) mass is 528 g/mol. The first-order chi connectivity index (χ1) is 19.6. The molecule has 0 N–H and O–H groups in total. The summed E-state index contributed by atoms with van der Waals surface area (Å²) in [7, 11) is 0. The average Bonchev–Trinajstić information content (AvgIpc) is 2.99. The summed E-state index contributed by atoms with van der Waals surface area (Å²) in [5, 5.41) is 9.67. The minimum atomic E-state index is -0.499. The van der Waals surface area contributed by atoms with Crippen molar-refractivity contribution in [1.29, 1.82) is 0 Å². The van der Waals surface area contributed by atoms with Gasteiger partial charge in [-0.05, 0) is 79.2 Å². The van der Waals surface area contributed by atoms with E-state index in [2.05, 4.69) is 66.7 Å². The Morgan fingerprint density at radius 1 is 0.575 bits per heavy atom. The van der Waals surface area contributed by atoms with Gasteiger partial charge in [0.2, 0.25) is 0 Å². The van der Waals surface area contributed by atoms with Gasteiger partial charge in [0.25, 0.3) is 0 Å². The van der Waals surface area contributed by atoms with Crippen LogP contribution in [0.25, 0.3) is 54.2 Å². The molecule has 0 heterocycles. The standard InChI is InChI=1S/C36H32O4/c1-3-5-20-39-35(37)31-17-16-24(22-32(31)36(38)40-21-6-4-2)25-18-19-30-28-13-8-11-23-10-7-12-27(33(23)28)29-15-9-14-26(25)34(29)30/h7-19,22H,3-6,20-21H2,1-2H3. The molecule has 4 heteroatoms. The Kier molecular flexibility index (Phi) is 7.08. The van der Waals surface area contributed by atoms with Gasteiger partial charge in [-0.1, -0.05) is 99.5 Å². The molecule has 40 heavy (non-hydrogen) atoms. The van der Waals surface area contributed by atoms with E-state index in [0.717, 1.165) is 42.2 Å². The average molecular weight is 529 g/mol. The van der Waals surface area contributed by atoms with E-state index < -0.39 is 11.9 Å². The number of ether oxygens (including phenoxy) is 2. The second kappa shape index (κ2) is 11.0. The fourth-order valence-corrected chi connectivity index (χ4v) is 5.73. The van der Waals surface area contributed by atoms with Crippen LogP contribution in [0.5, 0.6) is 0 Å². The highest BCUT2D eigenvalue weighted by Crippen LogP contribution is 2.43. The number of rotatable bonds is 9. The van der Waals surface area contributed by atoms with Crippen LogP contribution < -0.4 is 0 Å². The molecule has 0 radical (unpaired) electrons. The molecule has 200 valence electrons. The Balaban J connectivity index is 1.53. The lowest BCUT2D eigenvalue weighted by Crippen LogP contribution is -2.15. The van der Waals surface area contributed by atoms with E-state index in [1.165, 1.54) is 37.7 Å². The normalized spacial score (nSPS) is 11.6. The summed E-state index contributed by atoms with van der Waals surface area (Å²) >= 11 is 0. The topological polar surface area (TPSA) is 52.6 Å². The zero-order chi connectivity index (χ0) is 27.6. The number of carbonyl (C=O) groups is 2. The number of hydrogen-bond acceptors (Lipinski definition) is 4. The van der Waals surface area contributed by atoms with Crippen LogP contribution in [0.3, 0.4) is 0 Å². The molecule has 0 unspecified atom stereocenters. The van der Waals surface area contributed by atoms with Crippen molar-refractivity contribution < 1.29 is 19.1 Å². The van der Waals surface area contributed by atoms with Crippen molar-refractivity contribution in [2.24, 2.45) is 0 Å². The summed E-state index contributed by atoms with van der Waals surface area (Å²) in [5.41, 5.74) is 2.34. The smallest absolute Gasteiger partial charge is 0.339 e. The van der Waals surface area contributed by atoms with E-state index in [9.17, 15) is 9.59 Å². The van der Waals surface area contributed by atoms with Crippen molar-refractivity contribution in [3.8, 4) is 11.1 Å². The molecule has 0 bridgehead atoms. The molecule has 0 saturated carbocycles. The van der Waals surface area contributed by atoms with E-state index in [-0.39, 0.29) is 11.1 Å². The van der Waals surface area contributed by atoms with E-state index in [0.29, 0.717) is 13.2 Å². The zero-order valence-electron chi connectivity index (χ0n) is 23.0. The Labute approximate surface area is 233 Å². The van der Waals surface area contributed by atoms with Crippen molar-refractivity contribution >= 4 is 55.0 Å². The molecule has 0 spiro atoms. The number of unbranched alkanes of at least 4 members (excludes halogenated alkanes) is 2. The fraction of sp³-hybridized carbons (Fsp3) is 0.222. The maximum absolute atomic E-state index is 13.2. The highest BCUT2D eigenvalue weighted by Gasteiger charge is 2.22. The maximum Gasteiger partial charge on any atom is 0.339 e. The summed E-state index contributed by atoms with van der Waals surface area (Å²) < 4.78 is 11.0. The van der Waals surface area contributed by atoms with Gasteiger partial charge in [-0.25, -0.2) is 9.59 Å². The lowest BCUT2D eigenvalue weighted by Gasteiger charge is -2.17. The maximum atomic E-state index is 13.2. The van der Waals surface area contributed by atoms with Gasteiger partial charge >= 0.3 is 11.9 Å². The molecule has 0 aliphatic heterocycles. The van der Waals surface area contributed by atoms with Crippen molar-refractivity contribution in [3.63, 3.8) is 0 Å². The molecule has 0 atom stereocenters.